The second kappa shape index (κ2) is 7.58. The molecule has 0 heterocycles. The van der Waals surface area contributed by atoms with E-state index in [0.717, 1.165) is 5.56 Å². The van der Waals surface area contributed by atoms with Gasteiger partial charge in [-0.15, -0.1) is 12.4 Å². The molecule has 0 saturated heterocycles. The fourth-order valence-corrected chi connectivity index (χ4v) is 1.52. The highest BCUT2D eigenvalue weighted by atomic mass is 35.5. The van der Waals surface area contributed by atoms with Gasteiger partial charge in [-0.3, -0.25) is 4.79 Å². The number of aryl methyl sites for hydroxylation is 1. The summed E-state index contributed by atoms with van der Waals surface area (Å²) in [6.45, 7) is 5.95. The van der Waals surface area contributed by atoms with Gasteiger partial charge in [-0.25, -0.2) is 0 Å². The van der Waals surface area contributed by atoms with E-state index in [9.17, 15) is 4.79 Å². The lowest BCUT2D eigenvalue weighted by atomic mass is 10.1. The Morgan fingerprint density at radius 2 is 2.11 bits per heavy atom. The van der Waals surface area contributed by atoms with Crippen LogP contribution in [0.15, 0.2) is 18.2 Å². The third kappa shape index (κ3) is 7.25. The summed E-state index contributed by atoms with van der Waals surface area (Å²) < 4.78 is 5.41. The SMILES string of the molecule is Cc1cc(Cl)ccc1OCC(=O)NCC(C)(C)N.Cl. The van der Waals surface area contributed by atoms with Crippen molar-refractivity contribution < 1.29 is 9.53 Å². The molecule has 0 bridgehead atoms. The average Bonchev–Trinajstić information content (AvgIpc) is 2.24. The Morgan fingerprint density at radius 3 is 2.63 bits per heavy atom. The molecule has 0 radical (unpaired) electrons. The molecule has 1 amide bonds. The largest absolute Gasteiger partial charge is 0.484 e. The molecule has 0 saturated carbocycles. The van der Waals surface area contributed by atoms with E-state index in [-0.39, 0.29) is 24.9 Å². The first-order valence-corrected chi connectivity index (χ1v) is 6.10. The number of ether oxygens (including phenoxy) is 1. The van der Waals surface area contributed by atoms with Crippen LogP contribution in [-0.2, 0) is 4.79 Å². The van der Waals surface area contributed by atoms with Crippen molar-refractivity contribution in [3.05, 3.63) is 28.8 Å². The molecule has 19 heavy (non-hydrogen) atoms. The van der Waals surface area contributed by atoms with Crippen LogP contribution in [0.2, 0.25) is 5.02 Å². The van der Waals surface area contributed by atoms with Gasteiger partial charge < -0.3 is 15.8 Å². The third-order valence-electron chi connectivity index (χ3n) is 2.24. The fraction of sp³-hybridized carbons (Fsp3) is 0.462. The molecule has 0 aromatic heterocycles. The summed E-state index contributed by atoms with van der Waals surface area (Å²) in [6.07, 6.45) is 0. The highest BCUT2D eigenvalue weighted by Crippen LogP contribution is 2.21. The van der Waals surface area contributed by atoms with Crippen LogP contribution in [-0.4, -0.2) is 24.6 Å². The van der Waals surface area contributed by atoms with Crippen LogP contribution in [0, 0.1) is 6.92 Å². The Bertz CT molecular complexity index is 431. The van der Waals surface area contributed by atoms with Crippen LogP contribution in [0.5, 0.6) is 5.75 Å². The standard InChI is InChI=1S/C13H19ClN2O2.ClH/c1-9-6-10(14)4-5-11(9)18-7-12(17)16-8-13(2,3)15;/h4-6H,7-8,15H2,1-3H3,(H,16,17);1H. The van der Waals surface area contributed by atoms with Gasteiger partial charge in [0.15, 0.2) is 6.61 Å². The van der Waals surface area contributed by atoms with Gasteiger partial charge in [0, 0.05) is 17.1 Å². The Morgan fingerprint density at radius 1 is 1.47 bits per heavy atom. The van der Waals surface area contributed by atoms with Crippen LogP contribution >= 0.6 is 24.0 Å². The number of carbonyl (C=O) groups excluding carboxylic acids is 1. The second-order valence-electron chi connectivity index (χ2n) is 4.96. The number of nitrogens with two attached hydrogens (primary N) is 1. The number of carbonyl (C=O) groups is 1. The lowest BCUT2D eigenvalue weighted by Gasteiger charge is -2.19. The summed E-state index contributed by atoms with van der Waals surface area (Å²) in [5, 5.41) is 3.36. The van der Waals surface area contributed by atoms with Crippen molar-refractivity contribution in [3.63, 3.8) is 0 Å². The van der Waals surface area contributed by atoms with E-state index >= 15 is 0 Å². The monoisotopic (exact) mass is 306 g/mol. The van der Waals surface area contributed by atoms with Gasteiger partial charge in [0.25, 0.3) is 5.91 Å². The number of nitrogens with one attached hydrogen (secondary N) is 1. The topological polar surface area (TPSA) is 64.3 Å². The van der Waals surface area contributed by atoms with Crippen LogP contribution in [0.3, 0.4) is 0 Å². The van der Waals surface area contributed by atoms with E-state index in [0.29, 0.717) is 17.3 Å². The van der Waals surface area contributed by atoms with Crippen molar-refractivity contribution in [1.29, 1.82) is 0 Å². The van der Waals surface area contributed by atoms with E-state index in [1.54, 1.807) is 18.2 Å². The molecular weight excluding hydrogens is 287 g/mol. The summed E-state index contributed by atoms with van der Waals surface area (Å²) in [5.41, 5.74) is 6.23. The number of amides is 1. The molecule has 0 fully saturated rings. The van der Waals surface area contributed by atoms with Crippen molar-refractivity contribution in [1.82, 2.24) is 5.32 Å². The van der Waals surface area contributed by atoms with Gasteiger partial charge in [-0.05, 0) is 44.5 Å². The van der Waals surface area contributed by atoms with Crippen molar-refractivity contribution in [2.75, 3.05) is 13.2 Å². The quantitative estimate of drug-likeness (QED) is 0.877. The zero-order chi connectivity index (χ0) is 13.8. The number of halogens is 2. The molecule has 3 N–H and O–H groups in total. The molecule has 0 aliphatic rings. The second-order valence-corrected chi connectivity index (χ2v) is 5.40. The van der Waals surface area contributed by atoms with Crippen molar-refractivity contribution in [2.45, 2.75) is 26.3 Å². The predicted molar refractivity (Wildman–Crippen MR) is 80.2 cm³/mol. The zero-order valence-corrected chi connectivity index (χ0v) is 12.9. The number of hydrogen-bond acceptors (Lipinski definition) is 3. The molecule has 4 nitrogen and oxygen atoms in total. The van der Waals surface area contributed by atoms with Crippen LogP contribution < -0.4 is 15.8 Å². The maximum Gasteiger partial charge on any atom is 0.258 e. The van der Waals surface area contributed by atoms with E-state index < -0.39 is 5.54 Å². The highest BCUT2D eigenvalue weighted by molar-refractivity contribution is 6.30. The Balaban J connectivity index is 0.00000324. The molecule has 1 rings (SSSR count). The van der Waals surface area contributed by atoms with E-state index in [1.807, 2.05) is 20.8 Å². The highest BCUT2D eigenvalue weighted by Gasteiger charge is 2.12. The lowest BCUT2D eigenvalue weighted by Crippen LogP contribution is -2.46. The van der Waals surface area contributed by atoms with Gasteiger partial charge in [-0.1, -0.05) is 11.6 Å². The zero-order valence-electron chi connectivity index (χ0n) is 11.3. The van der Waals surface area contributed by atoms with Crippen molar-refractivity contribution in [3.8, 4) is 5.75 Å². The molecule has 0 atom stereocenters. The minimum absolute atomic E-state index is 0. The van der Waals surface area contributed by atoms with Crippen molar-refractivity contribution in [2.24, 2.45) is 5.73 Å². The molecule has 0 aliphatic carbocycles. The van der Waals surface area contributed by atoms with Gasteiger partial charge >= 0.3 is 0 Å². The van der Waals surface area contributed by atoms with Crippen LogP contribution in [0.25, 0.3) is 0 Å². The summed E-state index contributed by atoms with van der Waals surface area (Å²) in [4.78, 5) is 11.5. The summed E-state index contributed by atoms with van der Waals surface area (Å²) >= 11 is 5.83. The summed E-state index contributed by atoms with van der Waals surface area (Å²) in [5.74, 6) is 0.462. The molecule has 0 unspecified atom stereocenters. The predicted octanol–water partition coefficient (Wildman–Crippen LogP) is 2.30. The smallest absolute Gasteiger partial charge is 0.258 e. The number of benzene rings is 1. The Hall–Kier alpha value is -0.970. The normalized spacial score (nSPS) is 10.6. The van der Waals surface area contributed by atoms with E-state index in [2.05, 4.69) is 5.32 Å². The van der Waals surface area contributed by atoms with Crippen molar-refractivity contribution >= 4 is 29.9 Å². The first-order chi connectivity index (χ1) is 8.28. The van der Waals surface area contributed by atoms with Gasteiger partial charge in [0.2, 0.25) is 0 Å². The van der Waals surface area contributed by atoms with Crippen LogP contribution in [0.4, 0.5) is 0 Å². The molecule has 0 aliphatic heterocycles. The van der Waals surface area contributed by atoms with Gasteiger partial charge in [-0.2, -0.15) is 0 Å². The first kappa shape index (κ1) is 18.0. The molecular formula is C13H20Cl2N2O2. The minimum atomic E-state index is -0.425. The van der Waals surface area contributed by atoms with Gasteiger partial charge in [0.05, 0.1) is 0 Å². The fourth-order valence-electron chi connectivity index (χ4n) is 1.30. The Kier molecular flexibility index (Phi) is 7.19. The molecule has 1 aromatic rings. The average molecular weight is 307 g/mol. The maximum atomic E-state index is 11.5. The van der Waals surface area contributed by atoms with E-state index in [4.69, 9.17) is 22.1 Å². The number of hydrogen-bond donors (Lipinski definition) is 2. The third-order valence-corrected chi connectivity index (χ3v) is 2.47. The number of rotatable bonds is 5. The molecule has 0 spiro atoms. The molecule has 108 valence electrons. The summed E-state index contributed by atoms with van der Waals surface area (Å²) in [6, 6.07) is 5.26. The summed E-state index contributed by atoms with van der Waals surface area (Å²) in [7, 11) is 0. The Labute approximate surface area is 125 Å². The van der Waals surface area contributed by atoms with Gasteiger partial charge in [0.1, 0.15) is 5.75 Å². The van der Waals surface area contributed by atoms with Crippen LogP contribution in [0.1, 0.15) is 19.4 Å². The lowest BCUT2D eigenvalue weighted by molar-refractivity contribution is -0.123. The maximum absolute atomic E-state index is 11.5. The molecule has 1 aromatic carbocycles. The van der Waals surface area contributed by atoms with E-state index in [1.165, 1.54) is 0 Å². The minimum Gasteiger partial charge on any atom is -0.484 e. The first-order valence-electron chi connectivity index (χ1n) is 5.72. The molecule has 6 heteroatoms.